The van der Waals surface area contributed by atoms with Crippen LogP contribution in [0.2, 0.25) is 15.1 Å². The van der Waals surface area contributed by atoms with E-state index >= 15 is 0 Å². The maximum Gasteiger partial charge on any atom is 0.269 e. The third kappa shape index (κ3) is 5.11. The molecule has 4 aromatic rings. The summed E-state index contributed by atoms with van der Waals surface area (Å²) in [5.74, 6) is 0.343. The Bertz CT molecular complexity index is 1450. The van der Waals surface area contributed by atoms with E-state index in [2.05, 4.69) is 10.2 Å². The molecule has 0 radical (unpaired) electrons. The van der Waals surface area contributed by atoms with Crippen molar-refractivity contribution in [2.75, 3.05) is 26.3 Å². The second-order valence-electron chi connectivity index (χ2n) is 9.65. The number of carbonyl (C=O) groups excluding carboxylic acids is 1. The predicted molar refractivity (Wildman–Crippen MR) is 143 cm³/mol. The van der Waals surface area contributed by atoms with Crippen LogP contribution in [-0.4, -0.2) is 57.1 Å². The Hall–Kier alpha value is -2.91. The number of carbonyl (C=O) groups is 1. The topological polar surface area (TPSA) is 86.3 Å². The Morgan fingerprint density at radius 2 is 1.62 bits per heavy atom. The van der Waals surface area contributed by atoms with Gasteiger partial charge in [0.2, 0.25) is 5.89 Å². The Morgan fingerprint density at radius 1 is 0.946 bits per heavy atom. The minimum absolute atomic E-state index is 0.139. The van der Waals surface area contributed by atoms with E-state index in [9.17, 15) is 4.79 Å². The molecule has 0 spiro atoms. The van der Waals surface area contributed by atoms with Crippen LogP contribution in [0.1, 0.15) is 37.0 Å². The van der Waals surface area contributed by atoms with E-state index < -0.39 is 0 Å². The van der Waals surface area contributed by atoms with Crippen LogP contribution in [0.5, 0.6) is 0 Å². The van der Waals surface area contributed by atoms with Crippen LogP contribution in [0, 0.1) is 0 Å². The minimum Gasteiger partial charge on any atom is -0.419 e. The highest BCUT2D eigenvalue weighted by Crippen LogP contribution is 2.38. The SMILES string of the molecule is CC(C)(C)c1nnc(-c2nn(-c3ccc(Cl)cc3Cl)c(-c3ccc(Cl)cc3)c2C(=O)N2CCOCC2)o1. The molecule has 0 unspecified atom stereocenters. The summed E-state index contributed by atoms with van der Waals surface area (Å²) < 4.78 is 13.1. The highest BCUT2D eigenvalue weighted by molar-refractivity contribution is 6.35. The molecule has 0 bridgehead atoms. The summed E-state index contributed by atoms with van der Waals surface area (Å²) in [6, 6.07) is 12.2. The summed E-state index contributed by atoms with van der Waals surface area (Å²) in [6.45, 7) is 7.69. The smallest absolute Gasteiger partial charge is 0.269 e. The standard InChI is InChI=1S/C26H24Cl3N5O3/c1-26(2,3)25-31-30-23(37-25)21-20(24(35)33-10-12-36-13-11-33)22(15-4-6-16(27)7-5-15)34(32-21)19-9-8-17(28)14-18(19)29/h4-9,14H,10-13H2,1-3H3. The molecule has 11 heteroatoms. The number of hydrogen-bond donors (Lipinski definition) is 0. The number of hydrogen-bond acceptors (Lipinski definition) is 6. The van der Waals surface area contributed by atoms with Gasteiger partial charge in [0, 0.05) is 34.1 Å². The molecule has 8 nitrogen and oxygen atoms in total. The van der Waals surface area contributed by atoms with Crippen molar-refractivity contribution in [1.82, 2.24) is 24.9 Å². The van der Waals surface area contributed by atoms with Gasteiger partial charge in [0.15, 0.2) is 5.69 Å². The number of amides is 1. The van der Waals surface area contributed by atoms with Crippen LogP contribution in [0.25, 0.3) is 28.5 Å². The molecule has 192 valence electrons. The number of halogens is 3. The van der Waals surface area contributed by atoms with Crippen LogP contribution in [0.4, 0.5) is 0 Å². The summed E-state index contributed by atoms with van der Waals surface area (Å²) in [7, 11) is 0. The van der Waals surface area contributed by atoms with Crippen LogP contribution in [0.3, 0.4) is 0 Å². The van der Waals surface area contributed by atoms with Crippen molar-refractivity contribution < 1.29 is 13.9 Å². The zero-order valence-electron chi connectivity index (χ0n) is 20.5. The van der Waals surface area contributed by atoms with Crippen molar-refractivity contribution in [3.63, 3.8) is 0 Å². The lowest BCUT2D eigenvalue weighted by Crippen LogP contribution is -2.41. The lowest BCUT2D eigenvalue weighted by molar-refractivity contribution is 0.0303. The maximum atomic E-state index is 14.1. The molecule has 0 saturated carbocycles. The number of morpholine rings is 1. The first kappa shape index (κ1) is 25.7. The Labute approximate surface area is 229 Å². The van der Waals surface area contributed by atoms with Crippen molar-refractivity contribution in [3.8, 4) is 28.5 Å². The predicted octanol–water partition coefficient (Wildman–Crippen LogP) is 6.32. The largest absolute Gasteiger partial charge is 0.419 e. The normalized spacial score (nSPS) is 14.3. The van der Waals surface area contributed by atoms with E-state index in [0.717, 1.165) is 0 Å². The van der Waals surface area contributed by atoms with Crippen molar-refractivity contribution in [2.45, 2.75) is 26.2 Å². The van der Waals surface area contributed by atoms with Gasteiger partial charge in [-0.2, -0.15) is 5.10 Å². The summed E-state index contributed by atoms with van der Waals surface area (Å²) in [5, 5.41) is 14.7. The molecule has 2 aromatic heterocycles. The number of ether oxygens (including phenoxy) is 1. The second kappa shape index (κ2) is 10.1. The fraction of sp³-hybridized carbons (Fsp3) is 0.308. The van der Waals surface area contributed by atoms with Gasteiger partial charge in [-0.25, -0.2) is 4.68 Å². The summed E-state index contributed by atoms with van der Waals surface area (Å²) in [5.41, 5.74) is 1.95. The highest BCUT2D eigenvalue weighted by atomic mass is 35.5. The fourth-order valence-corrected chi connectivity index (χ4v) is 4.63. The molecular formula is C26H24Cl3N5O3. The van der Waals surface area contributed by atoms with Gasteiger partial charge in [-0.15, -0.1) is 10.2 Å². The average Bonchev–Trinajstić information content (AvgIpc) is 3.50. The van der Waals surface area contributed by atoms with E-state index in [1.165, 1.54) is 0 Å². The summed E-state index contributed by atoms with van der Waals surface area (Å²) in [6.07, 6.45) is 0. The quantitative estimate of drug-likeness (QED) is 0.290. The Kier molecular flexibility index (Phi) is 7.02. The summed E-state index contributed by atoms with van der Waals surface area (Å²) in [4.78, 5) is 15.8. The molecule has 1 aliphatic heterocycles. The van der Waals surface area contributed by atoms with Gasteiger partial charge in [0.25, 0.3) is 11.8 Å². The number of nitrogens with zero attached hydrogens (tertiary/aromatic N) is 5. The van der Waals surface area contributed by atoms with Crippen LogP contribution >= 0.6 is 34.8 Å². The fourth-order valence-electron chi connectivity index (χ4n) is 4.02. The minimum atomic E-state index is -0.388. The molecule has 1 fully saturated rings. The van der Waals surface area contributed by atoms with Gasteiger partial charge in [-0.1, -0.05) is 67.7 Å². The zero-order chi connectivity index (χ0) is 26.3. The van der Waals surface area contributed by atoms with E-state index in [1.54, 1.807) is 39.9 Å². The van der Waals surface area contributed by atoms with Gasteiger partial charge in [0.1, 0.15) is 0 Å². The average molecular weight is 561 g/mol. The maximum absolute atomic E-state index is 14.1. The first-order valence-corrected chi connectivity index (χ1v) is 12.8. The number of rotatable bonds is 4. The van der Waals surface area contributed by atoms with E-state index in [1.807, 2.05) is 32.9 Å². The third-order valence-electron chi connectivity index (χ3n) is 5.92. The van der Waals surface area contributed by atoms with Crippen molar-refractivity contribution in [2.24, 2.45) is 0 Å². The molecule has 1 aliphatic rings. The van der Waals surface area contributed by atoms with E-state index in [-0.39, 0.29) is 22.9 Å². The van der Waals surface area contributed by atoms with Crippen LogP contribution in [-0.2, 0) is 10.2 Å². The first-order chi connectivity index (χ1) is 17.6. The van der Waals surface area contributed by atoms with Gasteiger partial charge >= 0.3 is 0 Å². The zero-order valence-corrected chi connectivity index (χ0v) is 22.7. The van der Waals surface area contributed by atoms with E-state index in [0.29, 0.717) is 69.8 Å². The molecule has 0 aliphatic carbocycles. The molecule has 5 rings (SSSR count). The third-order valence-corrected chi connectivity index (χ3v) is 6.71. The molecular weight excluding hydrogens is 537 g/mol. The van der Waals surface area contributed by atoms with Crippen molar-refractivity contribution in [1.29, 1.82) is 0 Å². The number of aromatic nitrogens is 4. The second-order valence-corrected chi connectivity index (χ2v) is 10.9. The summed E-state index contributed by atoms with van der Waals surface area (Å²) >= 11 is 19.0. The van der Waals surface area contributed by atoms with Gasteiger partial charge in [-0.05, 0) is 30.3 Å². The molecule has 0 N–H and O–H groups in total. The molecule has 2 aromatic carbocycles. The lowest BCUT2D eigenvalue weighted by atomic mass is 9.97. The molecule has 3 heterocycles. The first-order valence-electron chi connectivity index (χ1n) is 11.7. The van der Waals surface area contributed by atoms with Crippen LogP contribution in [0.15, 0.2) is 46.9 Å². The van der Waals surface area contributed by atoms with Crippen molar-refractivity contribution in [3.05, 3.63) is 69.0 Å². The van der Waals surface area contributed by atoms with Gasteiger partial charge in [-0.3, -0.25) is 4.79 Å². The van der Waals surface area contributed by atoms with E-state index in [4.69, 9.17) is 49.1 Å². The Balaban J connectivity index is 1.81. The molecule has 1 amide bonds. The molecule has 1 saturated heterocycles. The lowest BCUT2D eigenvalue weighted by Gasteiger charge is -2.27. The highest BCUT2D eigenvalue weighted by Gasteiger charge is 2.34. The Morgan fingerprint density at radius 3 is 2.24 bits per heavy atom. The number of benzene rings is 2. The molecule has 37 heavy (non-hydrogen) atoms. The van der Waals surface area contributed by atoms with Crippen LogP contribution < -0.4 is 0 Å². The van der Waals surface area contributed by atoms with Gasteiger partial charge in [0.05, 0.1) is 35.2 Å². The van der Waals surface area contributed by atoms with Gasteiger partial charge < -0.3 is 14.1 Å². The molecule has 0 atom stereocenters. The van der Waals surface area contributed by atoms with Crippen molar-refractivity contribution >= 4 is 40.7 Å². The monoisotopic (exact) mass is 559 g/mol.